The molecule has 0 heterocycles. The van der Waals surface area contributed by atoms with Crippen molar-refractivity contribution in [2.75, 3.05) is 0 Å². The maximum atomic E-state index is 13.5. The number of sulfonamides is 2. The highest BCUT2D eigenvalue weighted by molar-refractivity contribution is 8.05. The van der Waals surface area contributed by atoms with E-state index in [1.165, 1.54) is 6.07 Å². The van der Waals surface area contributed by atoms with E-state index in [-0.39, 0.29) is 4.13 Å². The third-order valence-corrected chi connectivity index (χ3v) is 7.10. The van der Waals surface area contributed by atoms with Crippen LogP contribution < -0.4 is 4.13 Å². The quantitative estimate of drug-likeness (QED) is 0.493. The third-order valence-electron chi connectivity index (χ3n) is 2.65. The summed E-state index contributed by atoms with van der Waals surface area (Å²) in [4.78, 5) is -1.03. The molecule has 0 aliphatic heterocycles. The Hall–Kier alpha value is -1.46. The van der Waals surface area contributed by atoms with Crippen LogP contribution in [0.2, 0.25) is 0 Å². The van der Waals surface area contributed by atoms with Crippen LogP contribution in [0.15, 0.2) is 35.2 Å². The van der Waals surface area contributed by atoms with Gasteiger partial charge in [-0.05, 0) is 12.1 Å². The molecule has 0 fully saturated rings. The summed E-state index contributed by atoms with van der Waals surface area (Å²) in [5, 5.41) is -14.2. The van der Waals surface area contributed by atoms with E-state index in [9.17, 15) is 55.5 Å². The van der Waals surface area contributed by atoms with Crippen LogP contribution in [0.5, 0.6) is 0 Å². The van der Waals surface area contributed by atoms with Gasteiger partial charge in [0.25, 0.3) is 20.0 Å². The van der Waals surface area contributed by atoms with E-state index < -0.39 is 51.6 Å². The Balaban J connectivity index is 3.47. The zero-order valence-electron chi connectivity index (χ0n) is 11.7. The molecule has 0 atom stereocenters. The highest BCUT2D eigenvalue weighted by Crippen LogP contribution is 2.51. The first-order chi connectivity index (χ1) is 11.3. The summed E-state index contributed by atoms with van der Waals surface area (Å²) in [6, 6.07) is 4.40. The van der Waals surface area contributed by atoms with Gasteiger partial charge >= 0.3 is 26.7 Å². The first-order valence-electron chi connectivity index (χ1n) is 5.72. The van der Waals surface area contributed by atoms with E-state index in [1.54, 1.807) is 0 Å². The van der Waals surface area contributed by atoms with Crippen molar-refractivity contribution in [3.8, 4) is 0 Å². The van der Waals surface area contributed by atoms with Crippen LogP contribution in [0.25, 0.3) is 0 Å². The third kappa shape index (κ3) is 3.52. The fourth-order valence-electron chi connectivity index (χ4n) is 1.34. The van der Waals surface area contributed by atoms with Crippen LogP contribution in [-0.4, -0.2) is 41.7 Å². The lowest BCUT2D eigenvalue weighted by molar-refractivity contribution is -0.245. The van der Waals surface area contributed by atoms with Crippen molar-refractivity contribution in [2.45, 2.75) is 21.3 Å². The molecule has 1 rings (SSSR count). The molecule has 0 spiro atoms. The predicted molar refractivity (Wildman–Crippen MR) is 70.6 cm³/mol. The molecule has 0 aromatic heterocycles. The Morgan fingerprint density at radius 3 is 1.54 bits per heavy atom. The summed E-state index contributed by atoms with van der Waals surface area (Å²) in [5.74, 6) is -7.37. The summed E-state index contributed by atoms with van der Waals surface area (Å²) < 4.78 is 157. The number of benzene rings is 1. The van der Waals surface area contributed by atoms with E-state index in [0.717, 1.165) is 12.1 Å². The molecule has 0 aliphatic carbocycles. The molecule has 1 aromatic carbocycles. The van der Waals surface area contributed by atoms with Gasteiger partial charge in [0.1, 0.15) is 0 Å². The molecule has 1 N–H and O–H groups in total. The summed E-state index contributed by atoms with van der Waals surface area (Å²) in [6.07, 6.45) is 0. The molecule has 0 bridgehead atoms. The molecular formula is C9H6F7NO6S3. The molecule has 150 valence electrons. The van der Waals surface area contributed by atoms with Crippen molar-refractivity contribution in [3.63, 3.8) is 0 Å². The fraction of sp³-hybridized carbons (Fsp3) is 0.333. The van der Waals surface area contributed by atoms with Crippen molar-refractivity contribution >= 4 is 30.3 Å². The van der Waals surface area contributed by atoms with Crippen molar-refractivity contribution in [2.24, 2.45) is 0 Å². The van der Waals surface area contributed by atoms with Crippen molar-refractivity contribution in [3.05, 3.63) is 30.3 Å². The number of halogens is 7. The molecule has 0 unspecified atom stereocenters. The molecule has 0 saturated carbocycles. The molecule has 26 heavy (non-hydrogen) atoms. The van der Waals surface area contributed by atoms with Gasteiger partial charge in [-0.3, -0.25) is 0 Å². The zero-order valence-corrected chi connectivity index (χ0v) is 14.2. The van der Waals surface area contributed by atoms with Crippen LogP contribution in [0.3, 0.4) is 0 Å². The highest BCUT2D eigenvalue weighted by atomic mass is 32.3. The van der Waals surface area contributed by atoms with Gasteiger partial charge in [-0.2, -0.15) is 34.8 Å². The van der Waals surface area contributed by atoms with Gasteiger partial charge in [-0.1, -0.05) is 26.2 Å². The second kappa shape index (κ2) is 6.31. The molecule has 7 nitrogen and oxygen atoms in total. The molecule has 0 radical (unpaired) electrons. The number of hydrogen-bond donors (Lipinski definition) is 1. The zero-order chi connectivity index (χ0) is 20.8. The van der Waals surface area contributed by atoms with Gasteiger partial charge < -0.3 is 0 Å². The number of hydrogen-bond acceptors (Lipinski definition) is 6. The van der Waals surface area contributed by atoms with Gasteiger partial charge in [0, 0.05) is 0 Å². The van der Waals surface area contributed by atoms with Crippen LogP contribution in [-0.2, 0) is 30.3 Å². The lowest BCUT2D eigenvalue weighted by atomic mass is 10.3. The van der Waals surface area contributed by atoms with Crippen LogP contribution in [0.4, 0.5) is 30.2 Å². The Labute approximate surface area is 142 Å². The minimum atomic E-state index is -7.70. The lowest BCUT2D eigenvalue weighted by Gasteiger charge is -2.29. The smallest absolute Gasteiger partial charge is 0.206 e. The summed E-state index contributed by atoms with van der Waals surface area (Å²) >= 11 is 0. The maximum Gasteiger partial charge on any atom is 0.443 e. The summed E-state index contributed by atoms with van der Waals surface area (Å²) in [6.45, 7) is 0. The van der Waals surface area contributed by atoms with E-state index in [2.05, 4.69) is 0 Å². The highest BCUT2D eigenvalue weighted by Gasteiger charge is 2.82. The average molecular weight is 453 g/mol. The van der Waals surface area contributed by atoms with Gasteiger partial charge in [-0.25, -0.2) is 16.8 Å². The minimum Gasteiger partial charge on any atom is -0.206 e. The minimum absolute atomic E-state index is 0.0827. The number of alkyl halides is 6. The van der Waals surface area contributed by atoms with Crippen LogP contribution in [0, 0.1) is 0 Å². The molecule has 0 amide bonds. The number of rotatable bonds is 7. The standard InChI is InChI=1S/C9H6F7NO6S3/c10-7(11,8(12,13)25(16,20)21)9(14,15)26(22,23)17-24(18,19)6-4-2-1-3-5-6/h1-5,17H. The number of nitrogens with one attached hydrogen (secondary N) is 1. The largest absolute Gasteiger partial charge is 0.443 e. The predicted octanol–water partition coefficient (Wildman–Crippen LogP) is 1.41. The Morgan fingerprint density at radius 1 is 0.731 bits per heavy atom. The van der Waals surface area contributed by atoms with E-state index in [0.29, 0.717) is 12.1 Å². The average Bonchev–Trinajstić information content (AvgIpc) is 2.45. The first kappa shape index (κ1) is 22.6. The monoisotopic (exact) mass is 453 g/mol. The van der Waals surface area contributed by atoms with Crippen molar-refractivity contribution in [1.82, 2.24) is 4.13 Å². The molecule has 1 aromatic rings. The molecule has 0 saturated heterocycles. The lowest BCUT2D eigenvalue weighted by Crippen LogP contribution is -2.62. The van der Waals surface area contributed by atoms with Crippen LogP contribution in [0.1, 0.15) is 0 Å². The second-order valence-electron chi connectivity index (χ2n) is 4.45. The summed E-state index contributed by atoms with van der Waals surface area (Å²) in [7, 11) is -20.4. The SMILES string of the molecule is O=S(=O)(NS(=O)(=O)C(F)(F)C(F)(F)C(F)(F)S(=O)(=O)F)c1ccccc1. The summed E-state index contributed by atoms with van der Waals surface area (Å²) in [5.41, 5.74) is 0. The van der Waals surface area contributed by atoms with Gasteiger partial charge in [0.05, 0.1) is 4.90 Å². The van der Waals surface area contributed by atoms with Crippen molar-refractivity contribution in [1.29, 1.82) is 0 Å². The fourth-order valence-corrected chi connectivity index (χ4v) is 4.77. The van der Waals surface area contributed by atoms with Crippen LogP contribution >= 0.6 is 0 Å². The Kier molecular flexibility index (Phi) is 5.48. The Bertz CT molecular complexity index is 989. The van der Waals surface area contributed by atoms with E-state index >= 15 is 0 Å². The van der Waals surface area contributed by atoms with Gasteiger partial charge in [-0.15, -0.1) is 0 Å². The maximum absolute atomic E-state index is 13.5. The van der Waals surface area contributed by atoms with Gasteiger partial charge in [0.2, 0.25) is 0 Å². The first-order valence-corrected chi connectivity index (χ1v) is 10.1. The second-order valence-corrected chi connectivity index (χ2v) is 9.50. The molecule has 0 aliphatic rings. The van der Waals surface area contributed by atoms with E-state index in [4.69, 9.17) is 0 Å². The van der Waals surface area contributed by atoms with Gasteiger partial charge in [0.15, 0.2) is 0 Å². The van der Waals surface area contributed by atoms with E-state index in [1.807, 2.05) is 0 Å². The van der Waals surface area contributed by atoms with Crippen molar-refractivity contribution < 1.29 is 55.5 Å². The molecule has 17 heteroatoms. The Morgan fingerprint density at radius 2 is 1.15 bits per heavy atom. The topological polar surface area (TPSA) is 114 Å². The molecular weight excluding hydrogens is 447 g/mol. The normalized spacial score (nSPS) is 15.0.